The summed E-state index contributed by atoms with van der Waals surface area (Å²) in [5.41, 5.74) is 0. The van der Waals surface area contributed by atoms with Gasteiger partial charge in [0.15, 0.2) is 0 Å². The zero-order valence-electron chi connectivity index (χ0n) is 4.92. The number of aliphatic hydroxyl groups excluding tert-OH is 1. The van der Waals surface area contributed by atoms with Gasteiger partial charge in [-0.2, -0.15) is 0 Å². The van der Waals surface area contributed by atoms with Crippen LogP contribution in [0.25, 0.3) is 0 Å². The van der Waals surface area contributed by atoms with E-state index in [1.54, 1.807) is 0 Å². The molecule has 0 saturated carbocycles. The molecule has 0 aliphatic rings. The predicted octanol–water partition coefficient (Wildman–Crippen LogP) is -3.34. The molecule has 0 aromatic carbocycles. The van der Waals surface area contributed by atoms with Crippen LogP contribution in [0.4, 0.5) is 0 Å². The molecule has 0 unspecified atom stereocenters. The molecular formula is C3H5BNaO3. The zero-order chi connectivity index (χ0) is 5.70. The van der Waals surface area contributed by atoms with Crippen molar-refractivity contribution in [2.45, 2.75) is 6.92 Å². The van der Waals surface area contributed by atoms with Gasteiger partial charge in [-0.05, 0) is 0 Å². The van der Waals surface area contributed by atoms with Crippen molar-refractivity contribution in [2.75, 3.05) is 0 Å². The summed E-state index contributed by atoms with van der Waals surface area (Å²) in [5.74, 6) is -0.440. The van der Waals surface area contributed by atoms with Crippen LogP contribution in [0.5, 0.6) is 0 Å². The van der Waals surface area contributed by atoms with Gasteiger partial charge in [-0.3, -0.25) is 4.79 Å². The van der Waals surface area contributed by atoms with Crippen LogP contribution >= 0.6 is 0 Å². The molecule has 1 N–H and O–H groups in total. The van der Waals surface area contributed by atoms with E-state index in [-0.39, 0.29) is 29.6 Å². The largest absolute Gasteiger partial charge is 1.00 e. The fraction of sp³-hybridized carbons (Fsp3) is 0.333. The maximum atomic E-state index is 9.82. The van der Waals surface area contributed by atoms with Gasteiger partial charge in [-0.25, -0.2) is 6.51 Å². The topological polar surface area (TPSA) is 46.5 Å². The Bertz CT molecular complexity index is 67.5. The molecule has 0 aromatic rings. The van der Waals surface area contributed by atoms with Gasteiger partial charge in [0.25, 0.3) is 5.97 Å². The predicted molar refractivity (Wildman–Crippen MR) is 23.8 cm³/mol. The summed E-state index contributed by atoms with van der Waals surface area (Å²) in [6.45, 7) is 1.90. The van der Waals surface area contributed by atoms with E-state index in [1.807, 2.05) is 0 Å². The second kappa shape index (κ2) is 7.49. The second-order valence-electron chi connectivity index (χ2n) is 0.895. The molecule has 0 amide bonds. The summed E-state index contributed by atoms with van der Waals surface area (Å²) in [6.07, 6.45) is 0. The molecule has 0 aromatic heterocycles. The molecule has 1 radical (unpaired) electrons. The van der Waals surface area contributed by atoms with Gasteiger partial charge in [0.1, 0.15) is 0 Å². The number of carbonyl (C=O) groups excluding carboxylic acids is 1. The minimum absolute atomic E-state index is 0. The van der Waals surface area contributed by atoms with Gasteiger partial charge < -0.3 is 9.76 Å². The molecule has 39 valence electrons. The van der Waals surface area contributed by atoms with Crippen molar-refractivity contribution in [2.24, 2.45) is 0 Å². The van der Waals surface area contributed by atoms with Crippen molar-refractivity contribution in [3.63, 3.8) is 0 Å². The van der Waals surface area contributed by atoms with Crippen LogP contribution in [0.2, 0.25) is 0 Å². The average molecular weight is 123 g/mol. The van der Waals surface area contributed by atoms with Crippen molar-refractivity contribution in [3.05, 3.63) is 6.51 Å². The first kappa shape index (κ1) is 11.3. The molecule has 0 rings (SSSR count). The minimum atomic E-state index is -0.440. The van der Waals surface area contributed by atoms with Crippen molar-refractivity contribution in [1.29, 1.82) is 0 Å². The van der Waals surface area contributed by atoms with E-state index >= 15 is 0 Å². The Morgan fingerprint density at radius 1 is 1.88 bits per heavy atom. The van der Waals surface area contributed by atoms with E-state index in [1.165, 1.54) is 6.92 Å². The number of aliphatic hydroxyl groups is 1. The first-order valence-corrected chi connectivity index (χ1v) is 1.74. The molecule has 0 fully saturated rings. The van der Waals surface area contributed by atoms with Crippen molar-refractivity contribution < 1.29 is 44.1 Å². The summed E-state index contributed by atoms with van der Waals surface area (Å²) in [6, 6.07) is 0. The van der Waals surface area contributed by atoms with Crippen molar-refractivity contribution >= 4 is 13.5 Å². The maximum Gasteiger partial charge on any atom is 1.00 e. The zero-order valence-corrected chi connectivity index (χ0v) is 6.92. The van der Waals surface area contributed by atoms with E-state index in [4.69, 9.17) is 5.11 Å². The van der Waals surface area contributed by atoms with Gasteiger partial charge in [0.2, 0.25) is 7.48 Å². The molecule has 0 aliphatic heterocycles. The van der Waals surface area contributed by atoms with Crippen LogP contribution in [0, 0.1) is 6.51 Å². The van der Waals surface area contributed by atoms with Crippen LogP contribution < -0.4 is 29.6 Å². The Balaban J connectivity index is 0. The summed E-state index contributed by atoms with van der Waals surface area (Å²) >= 11 is 0. The number of hydrogen-bond donors (Lipinski definition) is 1. The fourth-order valence-corrected chi connectivity index (χ4v) is 0.126. The second-order valence-corrected chi connectivity index (χ2v) is 0.895. The molecule has 0 bridgehead atoms. The monoisotopic (exact) mass is 123 g/mol. The third kappa shape index (κ3) is 9.71. The Hall–Kier alpha value is 0.495. The molecule has 0 atom stereocenters. The minimum Gasteiger partial charge on any atom is -0.577 e. The normalized spacial score (nSPS) is 6.75. The van der Waals surface area contributed by atoms with Gasteiger partial charge >= 0.3 is 29.6 Å². The van der Waals surface area contributed by atoms with Gasteiger partial charge in [-0.1, -0.05) is 0 Å². The van der Waals surface area contributed by atoms with Crippen molar-refractivity contribution in [3.8, 4) is 0 Å². The molecule has 0 heterocycles. The SMILES string of the molecule is CC(=O)O[B][CH-]O.[Na+]. The van der Waals surface area contributed by atoms with Gasteiger partial charge in [-0.15, -0.1) is 0 Å². The van der Waals surface area contributed by atoms with E-state index in [0.29, 0.717) is 6.51 Å². The first-order chi connectivity index (χ1) is 3.27. The molecule has 0 spiro atoms. The van der Waals surface area contributed by atoms with Crippen LogP contribution in [-0.2, 0) is 9.45 Å². The number of carbonyl (C=O) groups is 1. The van der Waals surface area contributed by atoms with Crippen LogP contribution in [0.3, 0.4) is 0 Å². The fourth-order valence-electron chi connectivity index (χ4n) is 0.126. The van der Waals surface area contributed by atoms with Gasteiger partial charge in [0, 0.05) is 6.92 Å². The first-order valence-electron chi connectivity index (χ1n) is 1.74. The van der Waals surface area contributed by atoms with E-state index < -0.39 is 5.97 Å². The van der Waals surface area contributed by atoms with Crippen LogP contribution in [0.15, 0.2) is 0 Å². The summed E-state index contributed by atoms with van der Waals surface area (Å²) in [7, 11) is 0.905. The Kier molecular flexibility index (Phi) is 10.6. The summed E-state index contributed by atoms with van der Waals surface area (Å²) in [4.78, 5) is 9.82. The Labute approximate surface area is 71.0 Å². The molecule has 5 heteroatoms. The third-order valence-electron chi connectivity index (χ3n) is 0.295. The number of rotatable bonds is 2. The van der Waals surface area contributed by atoms with Crippen molar-refractivity contribution in [1.82, 2.24) is 0 Å². The van der Waals surface area contributed by atoms with E-state index in [0.717, 1.165) is 7.48 Å². The van der Waals surface area contributed by atoms with Crippen LogP contribution in [-0.4, -0.2) is 18.6 Å². The quantitative estimate of drug-likeness (QED) is 0.308. The Morgan fingerprint density at radius 3 is 2.50 bits per heavy atom. The van der Waals surface area contributed by atoms with Crippen LogP contribution in [0.1, 0.15) is 6.92 Å². The summed E-state index contributed by atoms with van der Waals surface area (Å²) < 4.78 is 4.12. The molecule has 0 saturated heterocycles. The smallest absolute Gasteiger partial charge is 0.577 e. The summed E-state index contributed by atoms with van der Waals surface area (Å²) in [5, 5.41) is 7.86. The Morgan fingerprint density at radius 2 is 2.38 bits per heavy atom. The number of hydrogen-bond acceptors (Lipinski definition) is 3. The molecule has 3 nitrogen and oxygen atoms in total. The van der Waals surface area contributed by atoms with Gasteiger partial charge in [0.05, 0.1) is 0 Å². The maximum absolute atomic E-state index is 9.82. The third-order valence-corrected chi connectivity index (χ3v) is 0.295. The van der Waals surface area contributed by atoms with E-state index in [9.17, 15) is 4.79 Å². The molecular weight excluding hydrogens is 118 g/mol. The standard InChI is InChI=1S/C3H5BO3.Na/c1-3(6)7-4-2-5;/h2,5H,1H3;/q-1;+1. The molecule has 0 aliphatic carbocycles. The molecule has 8 heavy (non-hydrogen) atoms. The van der Waals surface area contributed by atoms with E-state index in [2.05, 4.69) is 4.65 Å². The average Bonchev–Trinajstić information content (AvgIpc) is 1.61.